The molecule has 1 N–H and O–H groups in total. The first-order valence-corrected chi connectivity index (χ1v) is 10.3. The third-order valence-corrected chi connectivity index (χ3v) is 5.82. The van der Waals surface area contributed by atoms with E-state index in [1.165, 1.54) is 0 Å². The third kappa shape index (κ3) is 3.81. The summed E-state index contributed by atoms with van der Waals surface area (Å²) in [5.41, 5.74) is 2.49. The SMILES string of the molecule is Cc1ccc(C(OC(=O)[C@@H]2CCCN2)(c2ccccc2)c2ccccc2Cl)cc1. The standard InChI is InChI=1S/C25H24ClNO2/c1-18-13-15-20(16-14-18)25(19-8-3-2-4-9-19,21-10-5-6-11-22(21)26)29-24(28)23-12-7-17-27-23/h2-6,8-11,13-16,23,27H,7,12,17H2,1H3/t23-,25?/m0/s1. The van der Waals surface area contributed by atoms with Crippen LogP contribution in [0.25, 0.3) is 0 Å². The highest BCUT2D eigenvalue weighted by Gasteiger charge is 2.43. The zero-order valence-corrected chi connectivity index (χ0v) is 17.2. The third-order valence-electron chi connectivity index (χ3n) is 5.49. The van der Waals surface area contributed by atoms with Crippen molar-refractivity contribution in [2.75, 3.05) is 6.54 Å². The van der Waals surface area contributed by atoms with Gasteiger partial charge < -0.3 is 10.1 Å². The molecule has 0 spiro atoms. The summed E-state index contributed by atoms with van der Waals surface area (Å²) < 4.78 is 6.42. The topological polar surface area (TPSA) is 38.3 Å². The monoisotopic (exact) mass is 405 g/mol. The maximum Gasteiger partial charge on any atom is 0.324 e. The lowest BCUT2D eigenvalue weighted by molar-refractivity contribution is -0.155. The summed E-state index contributed by atoms with van der Waals surface area (Å²) in [5, 5.41) is 3.81. The van der Waals surface area contributed by atoms with E-state index < -0.39 is 5.60 Å². The average molecular weight is 406 g/mol. The van der Waals surface area contributed by atoms with Gasteiger partial charge in [0.1, 0.15) is 6.04 Å². The first kappa shape index (κ1) is 19.7. The van der Waals surface area contributed by atoms with Gasteiger partial charge in [-0.3, -0.25) is 4.79 Å². The summed E-state index contributed by atoms with van der Waals surface area (Å²) in [5.74, 6) is -0.258. The second kappa shape index (κ2) is 8.40. The second-order valence-corrected chi connectivity index (χ2v) is 7.87. The minimum Gasteiger partial charge on any atom is -0.443 e. The van der Waals surface area contributed by atoms with Crippen LogP contribution in [0, 0.1) is 6.92 Å². The molecular weight excluding hydrogens is 382 g/mol. The molecule has 1 aliphatic rings. The van der Waals surface area contributed by atoms with Crippen molar-refractivity contribution in [3.63, 3.8) is 0 Å². The first-order chi connectivity index (χ1) is 14.1. The first-order valence-electron chi connectivity index (χ1n) is 9.95. The van der Waals surface area contributed by atoms with E-state index in [-0.39, 0.29) is 12.0 Å². The molecule has 0 radical (unpaired) electrons. The Kier molecular flexibility index (Phi) is 5.70. The van der Waals surface area contributed by atoms with Gasteiger partial charge in [0.25, 0.3) is 0 Å². The van der Waals surface area contributed by atoms with Crippen LogP contribution in [-0.4, -0.2) is 18.6 Å². The maximum atomic E-state index is 13.2. The molecule has 148 valence electrons. The maximum absolute atomic E-state index is 13.2. The Bertz CT molecular complexity index is 981. The van der Waals surface area contributed by atoms with Crippen molar-refractivity contribution in [2.24, 2.45) is 0 Å². The fraction of sp³-hybridized carbons (Fsp3) is 0.240. The number of benzene rings is 3. The molecule has 29 heavy (non-hydrogen) atoms. The molecule has 0 saturated carbocycles. The van der Waals surface area contributed by atoms with Gasteiger partial charge in [-0.05, 0) is 32.4 Å². The van der Waals surface area contributed by atoms with E-state index in [9.17, 15) is 4.79 Å². The lowest BCUT2D eigenvalue weighted by atomic mass is 9.79. The molecule has 1 heterocycles. The van der Waals surface area contributed by atoms with E-state index in [1.807, 2.05) is 85.8 Å². The van der Waals surface area contributed by atoms with Crippen LogP contribution in [0.3, 0.4) is 0 Å². The van der Waals surface area contributed by atoms with E-state index in [2.05, 4.69) is 5.32 Å². The van der Waals surface area contributed by atoms with Crippen molar-refractivity contribution in [1.82, 2.24) is 5.32 Å². The molecule has 0 bridgehead atoms. The lowest BCUT2D eigenvalue weighted by Crippen LogP contribution is -2.42. The highest BCUT2D eigenvalue weighted by molar-refractivity contribution is 6.31. The van der Waals surface area contributed by atoms with E-state index in [0.717, 1.165) is 41.6 Å². The number of ether oxygens (including phenoxy) is 1. The fourth-order valence-corrected chi connectivity index (χ4v) is 4.23. The summed E-state index contributed by atoms with van der Waals surface area (Å²) in [6.07, 6.45) is 1.74. The van der Waals surface area contributed by atoms with Gasteiger partial charge in [-0.1, -0.05) is 90.0 Å². The molecule has 3 aromatic carbocycles. The number of carbonyl (C=O) groups excluding carboxylic acids is 1. The Morgan fingerprint density at radius 2 is 1.62 bits per heavy atom. The van der Waals surface area contributed by atoms with Gasteiger partial charge in [-0.2, -0.15) is 0 Å². The van der Waals surface area contributed by atoms with Crippen molar-refractivity contribution < 1.29 is 9.53 Å². The molecule has 0 amide bonds. The highest BCUT2D eigenvalue weighted by Crippen LogP contribution is 2.43. The van der Waals surface area contributed by atoms with Gasteiger partial charge in [0.2, 0.25) is 0 Å². The minimum atomic E-state index is -1.13. The van der Waals surface area contributed by atoms with Crippen molar-refractivity contribution in [1.29, 1.82) is 0 Å². The van der Waals surface area contributed by atoms with Gasteiger partial charge in [0, 0.05) is 21.7 Å². The predicted octanol–water partition coefficient (Wildman–Crippen LogP) is 5.24. The normalized spacial score (nSPS) is 18.2. The predicted molar refractivity (Wildman–Crippen MR) is 116 cm³/mol. The van der Waals surface area contributed by atoms with Gasteiger partial charge in [-0.15, -0.1) is 0 Å². The van der Waals surface area contributed by atoms with Gasteiger partial charge in [0.15, 0.2) is 5.60 Å². The molecule has 1 saturated heterocycles. The molecule has 3 nitrogen and oxygen atoms in total. The Hall–Kier alpha value is -2.62. The largest absolute Gasteiger partial charge is 0.443 e. The Morgan fingerprint density at radius 1 is 0.966 bits per heavy atom. The molecule has 0 aliphatic carbocycles. The molecule has 2 atom stereocenters. The van der Waals surface area contributed by atoms with Crippen LogP contribution in [0.2, 0.25) is 5.02 Å². The van der Waals surface area contributed by atoms with Crippen LogP contribution in [0.1, 0.15) is 35.1 Å². The summed E-state index contributed by atoms with van der Waals surface area (Å²) in [6, 6.07) is 25.2. The van der Waals surface area contributed by atoms with Gasteiger partial charge >= 0.3 is 5.97 Å². The van der Waals surface area contributed by atoms with E-state index in [4.69, 9.17) is 16.3 Å². The smallest absolute Gasteiger partial charge is 0.324 e. The summed E-state index contributed by atoms with van der Waals surface area (Å²) >= 11 is 6.68. The Labute approximate surface area is 176 Å². The van der Waals surface area contributed by atoms with Crippen molar-refractivity contribution in [2.45, 2.75) is 31.4 Å². The number of halogens is 1. The lowest BCUT2D eigenvalue weighted by Gasteiger charge is -2.36. The zero-order valence-electron chi connectivity index (χ0n) is 16.4. The van der Waals surface area contributed by atoms with E-state index in [1.54, 1.807) is 0 Å². The number of rotatable bonds is 5. The van der Waals surface area contributed by atoms with Crippen LogP contribution in [0.5, 0.6) is 0 Å². The molecule has 3 aromatic rings. The van der Waals surface area contributed by atoms with Crippen LogP contribution in [-0.2, 0) is 15.1 Å². The Balaban J connectivity index is 1.95. The Morgan fingerprint density at radius 3 is 2.28 bits per heavy atom. The highest BCUT2D eigenvalue weighted by atomic mass is 35.5. The van der Waals surface area contributed by atoms with E-state index >= 15 is 0 Å². The molecule has 1 fully saturated rings. The van der Waals surface area contributed by atoms with Crippen LogP contribution in [0.15, 0.2) is 78.9 Å². The van der Waals surface area contributed by atoms with E-state index in [0.29, 0.717) is 5.02 Å². The van der Waals surface area contributed by atoms with Crippen molar-refractivity contribution in [3.8, 4) is 0 Å². The minimum absolute atomic E-state index is 0.258. The number of aryl methyl sites for hydroxylation is 1. The van der Waals surface area contributed by atoms with Gasteiger partial charge in [-0.25, -0.2) is 0 Å². The average Bonchev–Trinajstić information content (AvgIpc) is 3.29. The quantitative estimate of drug-likeness (QED) is 0.466. The van der Waals surface area contributed by atoms with Crippen LogP contribution >= 0.6 is 11.6 Å². The molecular formula is C25H24ClNO2. The molecule has 0 aromatic heterocycles. The number of nitrogens with one attached hydrogen (secondary N) is 1. The number of carbonyl (C=O) groups is 1. The molecule has 4 heteroatoms. The summed E-state index contributed by atoms with van der Waals surface area (Å²) in [4.78, 5) is 13.2. The second-order valence-electron chi connectivity index (χ2n) is 7.46. The molecule has 1 unspecified atom stereocenters. The number of hydrogen-bond acceptors (Lipinski definition) is 3. The summed E-state index contributed by atoms with van der Waals surface area (Å²) in [7, 11) is 0. The van der Waals surface area contributed by atoms with Crippen LogP contribution < -0.4 is 5.32 Å². The summed E-state index contributed by atoms with van der Waals surface area (Å²) in [6.45, 7) is 2.87. The zero-order chi connectivity index (χ0) is 20.3. The van der Waals surface area contributed by atoms with Gasteiger partial charge in [0.05, 0.1) is 0 Å². The molecule has 4 rings (SSSR count). The number of esters is 1. The number of hydrogen-bond donors (Lipinski definition) is 1. The fourth-order valence-electron chi connectivity index (χ4n) is 3.97. The molecule has 1 aliphatic heterocycles. The van der Waals surface area contributed by atoms with Crippen LogP contribution in [0.4, 0.5) is 0 Å². The van der Waals surface area contributed by atoms with Crippen molar-refractivity contribution in [3.05, 3.63) is 106 Å². The van der Waals surface area contributed by atoms with Crippen molar-refractivity contribution >= 4 is 17.6 Å².